The fourth-order valence-corrected chi connectivity index (χ4v) is 6.42. The number of phosphoric acid groups is 1. The zero-order valence-electron chi connectivity index (χ0n) is 34.9. The Balaban J connectivity index is 4.23. The topological polar surface area (TPSA) is 132 Å². The van der Waals surface area contributed by atoms with Crippen LogP contribution in [0.15, 0.2) is 60.8 Å². The molecule has 0 aromatic carbocycles. The monoisotopic (exact) mass is 797 g/mol. The van der Waals surface area contributed by atoms with Crippen molar-refractivity contribution >= 4 is 13.8 Å². The normalized spacial score (nSPS) is 14.6. The van der Waals surface area contributed by atoms with E-state index < -0.39 is 45.8 Å². The molecule has 0 amide bonds. The number of rotatable bonds is 41. The summed E-state index contributed by atoms with van der Waals surface area (Å²) >= 11 is 0. The summed E-state index contributed by atoms with van der Waals surface area (Å²) in [7, 11) is -4.53. The molecule has 0 aliphatic heterocycles. The number of hydrogen-bond donors (Lipinski definition) is 3. The molecule has 3 unspecified atom stereocenters. The SMILES string of the molecule is CC/C=C\C/C=C\C/C=C\C/C=C\CCCCCCCOCC(COP(=O)(O)OCC(O)CO)OC(=O)CCCCCCC/C=C\CCCCCCCCC. The minimum absolute atomic E-state index is 0.0311. The van der Waals surface area contributed by atoms with Gasteiger partial charge in [-0.15, -0.1) is 0 Å². The van der Waals surface area contributed by atoms with Gasteiger partial charge in [-0.1, -0.05) is 152 Å². The predicted octanol–water partition coefficient (Wildman–Crippen LogP) is 12.0. The molecule has 0 aliphatic rings. The number of unbranched alkanes of at least 4 members (excludes halogenated alkanes) is 17. The lowest BCUT2D eigenvalue weighted by molar-refractivity contribution is -0.154. The second-order valence-electron chi connectivity index (χ2n) is 14.3. The fourth-order valence-electron chi connectivity index (χ4n) is 5.63. The number of aliphatic hydroxyl groups excluding tert-OH is 2. The zero-order valence-corrected chi connectivity index (χ0v) is 35.8. The van der Waals surface area contributed by atoms with Crippen LogP contribution >= 0.6 is 7.82 Å². The van der Waals surface area contributed by atoms with Gasteiger partial charge in [-0.2, -0.15) is 0 Å². The molecular formula is C45H81O9P. The molecule has 0 aromatic heterocycles. The van der Waals surface area contributed by atoms with E-state index in [1.54, 1.807) is 0 Å². The Morgan fingerprint density at radius 2 is 1.04 bits per heavy atom. The molecule has 3 N–H and O–H groups in total. The van der Waals surface area contributed by atoms with E-state index in [1.807, 2.05) is 0 Å². The number of carbonyl (C=O) groups excluding carboxylic acids is 1. The minimum atomic E-state index is -4.53. The quantitative estimate of drug-likeness (QED) is 0.0239. The Morgan fingerprint density at radius 1 is 0.582 bits per heavy atom. The molecule has 55 heavy (non-hydrogen) atoms. The number of esters is 1. The smallest absolute Gasteiger partial charge is 0.457 e. The summed E-state index contributed by atoms with van der Waals surface area (Å²) in [6, 6.07) is 0. The molecule has 320 valence electrons. The lowest BCUT2D eigenvalue weighted by Gasteiger charge is -2.20. The average Bonchev–Trinajstić information content (AvgIpc) is 3.18. The Hall–Kier alpha value is -1.84. The summed E-state index contributed by atoms with van der Waals surface area (Å²) in [5.41, 5.74) is 0. The first-order valence-corrected chi connectivity index (χ1v) is 23.3. The van der Waals surface area contributed by atoms with Gasteiger partial charge in [0.2, 0.25) is 0 Å². The Labute approximate surface area is 336 Å². The van der Waals surface area contributed by atoms with Crippen LogP contribution in [-0.2, 0) is 27.9 Å². The molecule has 10 heteroatoms. The molecule has 0 rings (SSSR count). The van der Waals surface area contributed by atoms with Crippen molar-refractivity contribution < 1.29 is 43.0 Å². The lowest BCUT2D eigenvalue weighted by atomic mass is 10.1. The van der Waals surface area contributed by atoms with Gasteiger partial charge in [-0.3, -0.25) is 13.8 Å². The third-order valence-electron chi connectivity index (χ3n) is 8.94. The van der Waals surface area contributed by atoms with Crippen LogP contribution in [0.1, 0.15) is 174 Å². The van der Waals surface area contributed by atoms with Crippen LogP contribution in [0.2, 0.25) is 0 Å². The summed E-state index contributed by atoms with van der Waals surface area (Å²) in [5, 5.41) is 18.3. The van der Waals surface area contributed by atoms with E-state index in [0.29, 0.717) is 13.0 Å². The third-order valence-corrected chi connectivity index (χ3v) is 9.89. The van der Waals surface area contributed by atoms with E-state index in [1.165, 1.54) is 51.4 Å². The number of carbonyl (C=O) groups is 1. The van der Waals surface area contributed by atoms with Gasteiger partial charge in [0.25, 0.3) is 0 Å². The van der Waals surface area contributed by atoms with Crippen molar-refractivity contribution in [2.24, 2.45) is 0 Å². The van der Waals surface area contributed by atoms with Crippen LogP contribution in [0.5, 0.6) is 0 Å². The van der Waals surface area contributed by atoms with E-state index in [0.717, 1.165) is 96.3 Å². The summed E-state index contributed by atoms with van der Waals surface area (Å²) in [6.07, 6.45) is 47.5. The molecule has 0 heterocycles. The summed E-state index contributed by atoms with van der Waals surface area (Å²) in [5.74, 6) is -0.400. The van der Waals surface area contributed by atoms with Gasteiger partial charge >= 0.3 is 13.8 Å². The van der Waals surface area contributed by atoms with E-state index in [4.69, 9.17) is 23.6 Å². The van der Waals surface area contributed by atoms with Crippen LogP contribution < -0.4 is 0 Å². The van der Waals surface area contributed by atoms with E-state index in [-0.39, 0.29) is 13.0 Å². The zero-order chi connectivity index (χ0) is 40.3. The van der Waals surface area contributed by atoms with Gasteiger partial charge in [0.05, 0.1) is 26.4 Å². The second kappa shape index (κ2) is 41.8. The summed E-state index contributed by atoms with van der Waals surface area (Å²) in [6.45, 7) is 3.34. The second-order valence-corrected chi connectivity index (χ2v) is 15.8. The van der Waals surface area contributed by atoms with Gasteiger partial charge in [-0.05, 0) is 77.0 Å². The standard InChI is InChI=1S/C45H81O9P/c1-3-5-7-9-11-13-15-17-19-21-22-24-26-28-30-32-34-36-38-51-41-44(42-53-55(49,50)52-40-43(47)39-46)54-45(48)37-35-33-31-29-27-25-23-20-18-16-14-12-10-8-6-4-2/h5,7,11,13,17,19-20,22-24,43-44,46-47H,3-4,6,8-10,12,14-16,18,21,25-42H2,1-2H3,(H,49,50)/b7-5-,13-11-,19-17-,23-20-,24-22-. The molecule has 9 nitrogen and oxygen atoms in total. The molecular weight excluding hydrogens is 715 g/mol. The Morgan fingerprint density at radius 3 is 1.58 bits per heavy atom. The van der Waals surface area contributed by atoms with Crippen molar-refractivity contribution in [3.63, 3.8) is 0 Å². The lowest BCUT2D eigenvalue weighted by Crippen LogP contribution is -2.29. The molecule has 0 spiro atoms. The first-order valence-electron chi connectivity index (χ1n) is 21.8. The molecule has 3 atom stereocenters. The fraction of sp³-hybridized carbons (Fsp3) is 0.756. The van der Waals surface area contributed by atoms with Gasteiger partial charge in [0, 0.05) is 13.0 Å². The maximum atomic E-state index is 12.6. The molecule has 0 aliphatic carbocycles. The van der Waals surface area contributed by atoms with Crippen molar-refractivity contribution in [3.8, 4) is 0 Å². The van der Waals surface area contributed by atoms with E-state index >= 15 is 0 Å². The van der Waals surface area contributed by atoms with Crippen molar-refractivity contribution in [1.29, 1.82) is 0 Å². The van der Waals surface area contributed by atoms with Crippen molar-refractivity contribution in [2.45, 2.75) is 187 Å². The summed E-state index contributed by atoms with van der Waals surface area (Å²) < 4.78 is 33.3. The van der Waals surface area contributed by atoms with Gasteiger partial charge in [0.15, 0.2) is 0 Å². The Bertz CT molecular complexity index is 1040. The maximum Gasteiger partial charge on any atom is 0.472 e. The molecule has 0 aromatic rings. The van der Waals surface area contributed by atoms with E-state index in [2.05, 4.69) is 74.6 Å². The highest BCUT2D eigenvalue weighted by Gasteiger charge is 2.26. The highest BCUT2D eigenvalue weighted by molar-refractivity contribution is 7.47. The molecule has 0 fully saturated rings. The van der Waals surface area contributed by atoms with Crippen LogP contribution in [0, 0.1) is 0 Å². The van der Waals surface area contributed by atoms with Crippen LogP contribution in [0.3, 0.4) is 0 Å². The van der Waals surface area contributed by atoms with Gasteiger partial charge < -0.3 is 24.6 Å². The largest absolute Gasteiger partial charge is 0.472 e. The number of phosphoric ester groups is 1. The third kappa shape index (κ3) is 41.6. The van der Waals surface area contributed by atoms with Crippen LogP contribution in [0.4, 0.5) is 0 Å². The van der Waals surface area contributed by atoms with E-state index in [9.17, 15) is 19.4 Å². The number of ether oxygens (including phenoxy) is 2. The first kappa shape index (κ1) is 53.2. The molecule has 0 bridgehead atoms. The van der Waals surface area contributed by atoms with Crippen molar-refractivity contribution in [1.82, 2.24) is 0 Å². The van der Waals surface area contributed by atoms with Crippen LogP contribution in [0.25, 0.3) is 0 Å². The minimum Gasteiger partial charge on any atom is -0.457 e. The number of allylic oxidation sites excluding steroid dienone is 10. The predicted molar refractivity (Wildman–Crippen MR) is 228 cm³/mol. The van der Waals surface area contributed by atoms with Crippen molar-refractivity contribution in [3.05, 3.63) is 60.8 Å². The molecule has 0 radical (unpaired) electrons. The summed E-state index contributed by atoms with van der Waals surface area (Å²) in [4.78, 5) is 22.6. The average molecular weight is 797 g/mol. The van der Waals surface area contributed by atoms with Crippen LogP contribution in [-0.4, -0.2) is 66.3 Å². The highest BCUT2D eigenvalue weighted by atomic mass is 31.2. The highest BCUT2D eigenvalue weighted by Crippen LogP contribution is 2.43. The first-order chi connectivity index (χ1) is 26.8. The maximum absolute atomic E-state index is 12.6. The van der Waals surface area contributed by atoms with Crippen molar-refractivity contribution in [2.75, 3.05) is 33.0 Å². The molecule has 0 saturated heterocycles. The number of aliphatic hydroxyl groups is 2. The van der Waals surface area contributed by atoms with Gasteiger partial charge in [0.1, 0.15) is 12.2 Å². The number of hydrogen-bond acceptors (Lipinski definition) is 8. The molecule has 0 saturated carbocycles. The van der Waals surface area contributed by atoms with Gasteiger partial charge in [-0.25, -0.2) is 4.57 Å². The Kier molecular flexibility index (Phi) is 40.4.